The van der Waals surface area contributed by atoms with Crippen LogP contribution in [-0.2, 0) is 23.3 Å². The van der Waals surface area contributed by atoms with E-state index in [4.69, 9.17) is 0 Å². The second-order valence-corrected chi connectivity index (χ2v) is 10.9. The third kappa shape index (κ3) is 4.28. The molecule has 2 aromatic rings. The molecule has 0 aromatic heterocycles. The van der Waals surface area contributed by atoms with Gasteiger partial charge in [-0.3, -0.25) is 9.64 Å². The van der Waals surface area contributed by atoms with Crippen molar-refractivity contribution in [2.24, 2.45) is 5.41 Å². The molecule has 0 radical (unpaired) electrons. The SMILES string of the molecule is CCc1cc(CN2CCC3(CC2)CN(SC)C3)ccc1-c1ccc(C2(C(F)(F)F)OC2(F)F)cc1. The lowest BCUT2D eigenvalue weighted by molar-refractivity contribution is -0.193. The summed E-state index contributed by atoms with van der Waals surface area (Å²) in [5.41, 5.74) is 0.249. The minimum atomic E-state index is -5.20. The van der Waals surface area contributed by atoms with Crippen molar-refractivity contribution in [3.05, 3.63) is 59.2 Å². The number of aryl methyl sites for hydroxylation is 1. The van der Waals surface area contributed by atoms with Crippen LogP contribution in [0, 0.1) is 5.41 Å². The van der Waals surface area contributed by atoms with E-state index in [1.54, 1.807) is 0 Å². The number of piperidine rings is 1. The van der Waals surface area contributed by atoms with Crippen LogP contribution in [0.2, 0.25) is 0 Å². The molecule has 0 amide bonds. The Morgan fingerprint density at radius 3 is 2.14 bits per heavy atom. The lowest BCUT2D eigenvalue weighted by Gasteiger charge is -2.53. The molecule has 1 atom stereocenters. The van der Waals surface area contributed by atoms with Crippen LogP contribution in [-0.4, -0.2) is 53.9 Å². The highest BCUT2D eigenvalue weighted by Gasteiger charge is 2.88. The van der Waals surface area contributed by atoms with Crippen molar-refractivity contribution in [2.75, 3.05) is 32.4 Å². The van der Waals surface area contributed by atoms with E-state index in [1.807, 2.05) is 24.9 Å². The third-order valence-electron chi connectivity index (χ3n) is 7.81. The van der Waals surface area contributed by atoms with E-state index < -0.39 is 23.4 Å². The van der Waals surface area contributed by atoms with E-state index in [1.165, 1.54) is 43.6 Å². The average Bonchev–Trinajstić information content (AvgIpc) is 3.42. The van der Waals surface area contributed by atoms with Crippen LogP contribution in [0.25, 0.3) is 11.1 Å². The lowest BCUT2D eigenvalue weighted by atomic mass is 9.73. The maximum absolute atomic E-state index is 13.6. The lowest BCUT2D eigenvalue weighted by Crippen LogP contribution is -2.57. The van der Waals surface area contributed by atoms with Gasteiger partial charge in [-0.15, -0.1) is 0 Å². The third-order valence-corrected chi connectivity index (χ3v) is 8.58. The highest BCUT2D eigenvalue weighted by molar-refractivity contribution is 7.96. The highest BCUT2D eigenvalue weighted by Crippen LogP contribution is 2.66. The summed E-state index contributed by atoms with van der Waals surface area (Å²) in [6, 6.07) is 11.3. The molecular formula is C26H29F5N2OS. The Hall–Kier alpha value is -1.68. The Bertz CT molecular complexity index is 1070. The van der Waals surface area contributed by atoms with Gasteiger partial charge in [-0.2, -0.15) is 22.0 Å². The summed E-state index contributed by atoms with van der Waals surface area (Å²) in [6.07, 6.45) is -4.12. The molecule has 9 heteroatoms. The number of nitrogens with zero attached hydrogens (tertiary/aromatic N) is 2. The van der Waals surface area contributed by atoms with Crippen LogP contribution in [0.3, 0.4) is 0 Å². The number of benzene rings is 2. The van der Waals surface area contributed by atoms with E-state index in [-0.39, 0.29) is 0 Å². The van der Waals surface area contributed by atoms with E-state index in [0.29, 0.717) is 11.0 Å². The van der Waals surface area contributed by atoms with Crippen molar-refractivity contribution in [2.45, 2.75) is 50.6 Å². The van der Waals surface area contributed by atoms with E-state index in [2.05, 4.69) is 32.3 Å². The topological polar surface area (TPSA) is 19.0 Å². The monoisotopic (exact) mass is 512 g/mol. The van der Waals surface area contributed by atoms with Crippen LogP contribution >= 0.6 is 11.9 Å². The van der Waals surface area contributed by atoms with Gasteiger partial charge in [-0.1, -0.05) is 61.3 Å². The predicted octanol–water partition coefficient (Wildman–Crippen LogP) is 6.47. The molecule has 35 heavy (non-hydrogen) atoms. The summed E-state index contributed by atoms with van der Waals surface area (Å²) >= 11 is 1.82. The predicted molar refractivity (Wildman–Crippen MR) is 127 cm³/mol. The summed E-state index contributed by atoms with van der Waals surface area (Å²) in [5, 5.41) is 0. The maximum atomic E-state index is 13.6. The molecule has 3 saturated heterocycles. The number of halogens is 5. The minimum absolute atomic E-state index is 0.490. The number of ether oxygens (including phenoxy) is 1. The number of hydrogen-bond acceptors (Lipinski definition) is 4. The molecule has 0 aliphatic carbocycles. The standard InChI is InChI=1S/C26H29F5N2OS/c1-3-19-14-18(15-32-12-10-23(11-13-32)16-33(17-23)35-2)4-9-22(19)20-5-7-21(8-6-20)24(25(27,28)29)26(30,31)34-24/h4-9,14H,3,10-13,15-17H2,1-2H3. The summed E-state index contributed by atoms with van der Waals surface area (Å²) in [4.78, 5) is 2.49. The maximum Gasteiger partial charge on any atom is 0.430 e. The van der Waals surface area contributed by atoms with Gasteiger partial charge in [-0.25, -0.2) is 4.31 Å². The van der Waals surface area contributed by atoms with Gasteiger partial charge < -0.3 is 0 Å². The van der Waals surface area contributed by atoms with Gasteiger partial charge in [0, 0.05) is 30.6 Å². The van der Waals surface area contributed by atoms with Crippen molar-refractivity contribution < 1.29 is 26.7 Å². The zero-order valence-corrected chi connectivity index (χ0v) is 20.6. The van der Waals surface area contributed by atoms with Crippen molar-refractivity contribution in [1.82, 2.24) is 9.21 Å². The van der Waals surface area contributed by atoms with Crippen LogP contribution < -0.4 is 0 Å². The summed E-state index contributed by atoms with van der Waals surface area (Å²) in [6.45, 7) is 7.44. The molecule has 3 heterocycles. The summed E-state index contributed by atoms with van der Waals surface area (Å²) in [5.74, 6) is 0. The second-order valence-electron chi connectivity index (χ2n) is 9.98. The largest absolute Gasteiger partial charge is 0.430 e. The fourth-order valence-electron chi connectivity index (χ4n) is 5.58. The van der Waals surface area contributed by atoms with Crippen LogP contribution in [0.4, 0.5) is 22.0 Å². The van der Waals surface area contributed by atoms with Crippen molar-refractivity contribution in [1.29, 1.82) is 0 Å². The van der Waals surface area contributed by atoms with Crippen LogP contribution in [0.1, 0.15) is 36.5 Å². The molecule has 0 bridgehead atoms. The molecular weight excluding hydrogens is 483 g/mol. The average molecular weight is 513 g/mol. The Morgan fingerprint density at radius 2 is 1.63 bits per heavy atom. The molecule has 1 unspecified atom stereocenters. The van der Waals surface area contributed by atoms with Gasteiger partial charge in [0.2, 0.25) is 0 Å². The van der Waals surface area contributed by atoms with Gasteiger partial charge in [-0.05, 0) is 60.9 Å². The molecule has 3 fully saturated rings. The Labute approximate surface area is 206 Å². The molecule has 0 saturated carbocycles. The normalized spacial score (nSPS) is 26.0. The van der Waals surface area contributed by atoms with E-state index >= 15 is 0 Å². The number of epoxide rings is 1. The van der Waals surface area contributed by atoms with E-state index in [0.717, 1.165) is 49.3 Å². The zero-order valence-electron chi connectivity index (χ0n) is 19.8. The number of alkyl halides is 5. The molecule has 3 aliphatic heterocycles. The summed E-state index contributed by atoms with van der Waals surface area (Å²) in [7, 11) is 0. The van der Waals surface area contributed by atoms with Gasteiger partial charge in [0.15, 0.2) is 0 Å². The Balaban J connectivity index is 1.28. The van der Waals surface area contributed by atoms with Gasteiger partial charge in [0.1, 0.15) is 0 Å². The Kier molecular flexibility index (Phi) is 6.22. The first-order valence-electron chi connectivity index (χ1n) is 11.9. The first-order chi connectivity index (χ1) is 16.5. The van der Waals surface area contributed by atoms with Crippen molar-refractivity contribution in [3.63, 3.8) is 0 Å². The quantitative estimate of drug-likeness (QED) is 0.251. The molecule has 1 spiro atoms. The molecule has 3 nitrogen and oxygen atoms in total. The zero-order chi connectivity index (χ0) is 25.1. The first kappa shape index (κ1) is 25.0. The molecule has 3 aliphatic rings. The molecule has 5 rings (SSSR count). The van der Waals surface area contributed by atoms with Gasteiger partial charge >= 0.3 is 12.3 Å². The van der Waals surface area contributed by atoms with Gasteiger partial charge in [0.25, 0.3) is 5.60 Å². The molecule has 190 valence electrons. The van der Waals surface area contributed by atoms with Crippen LogP contribution in [0.15, 0.2) is 42.5 Å². The van der Waals surface area contributed by atoms with Crippen molar-refractivity contribution >= 4 is 11.9 Å². The number of hydrogen-bond donors (Lipinski definition) is 0. The summed E-state index contributed by atoms with van der Waals surface area (Å²) < 4.78 is 73.5. The van der Waals surface area contributed by atoms with Crippen LogP contribution in [0.5, 0.6) is 0 Å². The number of likely N-dealkylation sites (tertiary alicyclic amines) is 1. The number of rotatable bonds is 6. The molecule has 2 aromatic carbocycles. The smallest absolute Gasteiger partial charge is 0.299 e. The van der Waals surface area contributed by atoms with E-state index in [9.17, 15) is 22.0 Å². The second kappa shape index (κ2) is 8.71. The fraction of sp³-hybridized carbons (Fsp3) is 0.538. The fourth-order valence-corrected chi connectivity index (χ4v) is 6.38. The van der Waals surface area contributed by atoms with Gasteiger partial charge in [0.05, 0.1) is 0 Å². The Morgan fingerprint density at radius 1 is 1.00 bits per heavy atom. The molecule has 0 N–H and O–H groups in total. The highest BCUT2D eigenvalue weighted by atomic mass is 32.2. The van der Waals surface area contributed by atoms with Crippen molar-refractivity contribution in [3.8, 4) is 11.1 Å². The minimum Gasteiger partial charge on any atom is -0.299 e. The first-order valence-corrected chi connectivity index (χ1v) is 13.1.